The highest BCUT2D eigenvalue weighted by molar-refractivity contribution is 7.90. The molecule has 19 heavy (non-hydrogen) atoms. The molecule has 0 spiro atoms. The maximum absolute atomic E-state index is 11.5. The summed E-state index contributed by atoms with van der Waals surface area (Å²) in [4.78, 5) is 0.341. The number of aryl methyl sites for hydroxylation is 1. The minimum atomic E-state index is -3.17. The molecule has 1 N–H and O–H groups in total. The molecule has 0 radical (unpaired) electrons. The number of hydrogen-bond donors (Lipinski definition) is 1. The predicted octanol–water partition coefficient (Wildman–Crippen LogP) is 3.01. The number of nitrogens with one attached hydrogen (secondary N) is 1. The van der Waals surface area contributed by atoms with Gasteiger partial charge in [-0.25, -0.2) is 8.42 Å². The Morgan fingerprint density at radius 1 is 1.05 bits per heavy atom. The van der Waals surface area contributed by atoms with Crippen LogP contribution in [0.4, 0.5) is 5.69 Å². The highest BCUT2D eigenvalue weighted by Crippen LogP contribution is 2.20. The fourth-order valence-electron chi connectivity index (χ4n) is 1.82. The Morgan fingerprint density at radius 3 is 2.37 bits per heavy atom. The van der Waals surface area contributed by atoms with Crippen molar-refractivity contribution in [3.05, 3.63) is 59.7 Å². The van der Waals surface area contributed by atoms with Crippen LogP contribution >= 0.6 is 0 Å². The van der Waals surface area contributed by atoms with Crippen LogP contribution in [-0.2, 0) is 16.4 Å². The van der Waals surface area contributed by atoms with Gasteiger partial charge in [-0.15, -0.1) is 0 Å². The lowest BCUT2D eigenvalue weighted by atomic mass is 10.2. The molecule has 0 atom stereocenters. The minimum Gasteiger partial charge on any atom is -0.381 e. The number of sulfone groups is 1. The topological polar surface area (TPSA) is 46.2 Å². The number of hydrogen-bond acceptors (Lipinski definition) is 3. The molecule has 0 saturated carbocycles. The molecule has 4 heteroatoms. The van der Waals surface area contributed by atoms with E-state index >= 15 is 0 Å². The summed E-state index contributed by atoms with van der Waals surface area (Å²) in [5.74, 6) is 0. The van der Waals surface area contributed by atoms with Crippen LogP contribution < -0.4 is 5.32 Å². The smallest absolute Gasteiger partial charge is 0.175 e. The maximum Gasteiger partial charge on any atom is 0.175 e. The standard InChI is InChI=1S/C15H17NO2S/c1-12-8-9-14(19(2,17)18)10-15(12)16-11-13-6-4-3-5-7-13/h3-10,16H,11H2,1-2H3. The second-order valence-electron chi connectivity index (χ2n) is 4.59. The molecule has 0 fully saturated rings. The van der Waals surface area contributed by atoms with Crippen LogP contribution in [0.3, 0.4) is 0 Å². The summed E-state index contributed by atoms with van der Waals surface area (Å²) < 4.78 is 23.1. The van der Waals surface area contributed by atoms with Gasteiger partial charge < -0.3 is 5.32 Å². The molecule has 0 aliphatic rings. The van der Waals surface area contributed by atoms with Crippen LogP contribution in [0.25, 0.3) is 0 Å². The lowest BCUT2D eigenvalue weighted by Crippen LogP contribution is -2.03. The van der Waals surface area contributed by atoms with E-state index in [1.165, 1.54) is 6.26 Å². The van der Waals surface area contributed by atoms with Crippen molar-refractivity contribution in [3.63, 3.8) is 0 Å². The molecule has 100 valence electrons. The average molecular weight is 275 g/mol. The fraction of sp³-hybridized carbons (Fsp3) is 0.200. The van der Waals surface area contributed by atoms with Gasteiger partial charge in [-0.3, -0.25) is 0 Å². The highest BCUT2D eigenvalue weighted by Gasteiger charge is 2.09. The summed E-state index contributed by atoms with van der Waals surface area (Å²) in [5, 5.41) is 3.28. The third kappa shape index (κ3) is 3.58. The van der Waals surface area contributed by atoms with E-state index in [9.17, 15) is 8.42 Å². The van der Waals surface area contributed by atoms with Gasteiger partial charge >= 0.3 is 0 Å². The largest absolute Gasteiger partial charge is 0.381 e. The van der Waals surface area contributed by atoms with Crippen molar-refractivity contribution >= 4 is 15.5 Å². The van der Waals surface area contributed by atoms with E-state index in [1.54, 1.807) is 12.1 Å². The first kappa shape index (κ1) is 13.6. The summed E-state index contributed by atoms with van der Waals surface area (Å²) in [6, 6.07) is 15.1. The third-order valence-electron chi connectivity index (χ3n) is 2.96. The molecule has 0 saturated heterocycles. The molecular weight excluding hydrogens is 258 g/mol. The molecule has 0 heterocycles. The Labute approximate surface area is 114 Å². The van der Waals surface area contributed by atoms with Crippen LogP contribution in [-0.4, -0.2) is 14.7 Å². The minimum absolute atomic E-state index is 0.341. The van der Waals surface area contributed by atoms with Gasteiger partial charge in [0, 0.05) is 18.5 Å². The second kappa shape index (κ2) is 5.45. The van der Waals surface area contributed by atoms with Gasteiger partial charge in [0.15, 0.2) is 9.84 Å². The molecule has 0 aromatic heterocycles. The molecule has 3 nitrogen and oxygen atoms in total. The van der Waals surface area contributed by atoms with E-state index < -0.39 is 9.84 Å². The molecular formula is C15H17NO2S. The monoisotopic (exact) mass is 275 g/mol. The van der Waals surface area contributed by atoms with E-state index in [1.807, 2.05) is 43.3 Å². The lowest BCUT2D eigenvalue weighted by Gasteiger charge is -2.11. The Kier molecular flexibility index (Phi) is 3.90. The third-order valence-corrected chi connectivity index (χ3v) is 4.07. The van der Waals surface area contributed by atoms with Crippen LogP contribution in [0, 0.1) is 6.92 Å². The quantitative estimate of drug-likeness (QED) is 0.933. The summed E-state index contributed by atoms with van der Waals surface area (Å²) in [5.41, 5.74) is 3.04. The molecule has 2 aromatic carbocycles. The normalized spacial score (nSPS) is 11.3. The highest BCUT2D eigenvalue weighted by atomic mass is 32.2. The Balaban J connectivity index is 2.21. The SMILES string of the molecule is Cc1ccc(S(C)(=O)=O)cc1NCc1ccccc1. The van der Waals surface area contributed by atoms with Crippen molar-refractivity contribution in [1.82, 2.24) is 0 Å². The first-order valence-electron chi connectivity index (χ1n) is 6.05. The molecule has 0 aliphatic heterocycles. The zero-order valence-corrected chi connectivity index (χ0v) is 11.9. The number of rotatable bonds is 4. The Hall–Kier alpha value is -1.81. The number of benzene rings is 2. The molecule has 2 rings (SSSR count). The van der Waals surface area contributed by atoms with Crippen LogP contribution in [0.2, 0.25) is 0 Å². The van der Waals surface area contributed by atoms with E-state index in [4.69, 9.17) is 0 Å². The van der Waals surface area contributed by atoms with Crippen molar-refractivity contribution < 1.29 is 8.42 Å². The van der Waals surface area contributed by atoms with Crippen molar-refractivity contribution in [3.8, 4) is 0 Å². The fourth-order valence-corrected chi connectivity index (χ4v) is 2.46. The van der Waals surface area contributed by atoms with Crippen molar-refractivity contribution in [2.75, 3.05) is 11.6 Å². The Morgan fingerprint density at radius 2 is 1.74 bits per heavy atom. The molecule has 0 amide bonds. The van der Waals surface area contributed by atoms with E-state index in [0.717, 1.165) is 16.8 Å². The summed E-state index contributed by atoms with van der Waals surface area (Å²) in [6.07, 6.45) is 1.22. The lowest BCUT2D eigenvalue weighted by molar-refractivity contribution is 0.602. The van der Waals surface area contributed by atoms with Gasteiger partial charge in [0.1, 0.15) is 0 Å². The summed E-state index contributed by atoms with van der Waals surface area (Å²) in [7, 11) is -3.17. The zero-order valence-electron chi connectivity index (χ0n) is 11.1. The predicted molar refractivity (Wildman–Crippen MR) is 78.1 cm³/mol. The van der Waals surface area contributed by atoms with Gasteiger partial charge in [0.05, 0.1) is 4.90 Å². The molecule has 0 aliphatic carbocycles. The van der Waals surface area contributed by atoms with Gasteiger partial charge in [-0.2, -0.15) is 0 Å². The van der Waals surface area contributed by atoms with Crippen LogP contribution in [0.1, 0.15) is 11.1 Å². The number of anilines is 1. The summed E-state index contributed by atoms with van der Waals surface area (Å²) >= 11 is 0. The van der Waals surface area contributed by atoms with Crippen molar-refractivity contribution in [2.45, 2.75) is 18.4 Å². The molecule has 0 unspecified atom stereocenters. The van der Waals surface area contributed by atoms with Gasteiger partial charge in [0.25, 0.3) is 0 Å². The molecule has 0 bridgehead atoms. The van der Waals surface area contributed by atoms with E-state index in [0.29, 0.717) is 11.4 Å². The van der Waals surface area contributed by atoms with Crippen LogP contribution in [0.15, 0.2) is 53.4 Å². The Bertz CT molecular complexity index is 664. The van der Waals surface area contributed by atoms with Crippen molar-refractivity contribution in [2.24, 2.45) is 0 Å². The zero-order chi connectivity index (χ0) is 13.9. The van der Waals surface area contributed by atoms with Gasteiger partial charge in [-0.1, -0.05) is 36.4 Å². The van der Waals surface area contributed by atoms with Crippen molar-refractivity contribution in [1.29, 1.82) is 0 Å². The average Bonchev–Trinajstić information content (AvgIpc) is 2.37. The second-order valence-corrected chi connectivity index (χ2v) is 6.60. The van der Waals surface area contributed by atoms with Gasteiger partial charge in [-0.05, 0) is 30.2 Å². The van der Waals surface area contributed by atoms with E-state index in [-0.39, 0.29) is 0 Å². The van der Waals surface area contributed by atoms with E-state index in [2.05, 4.69) is 5.32 Å². The molecule has 2 aromatic rings. The first-order valence-corrected chi connectivity index (χ1v) is 7.94. The van der Waals surface area contributed by atoms with Crippen LogP contribution in [0.5, 0.6) is 0 Å². The first-order chi connectivity index (χ1) is 8.97. The van der Waals surface area contributed by atoms with Gasteiger partial charge in [0.2, 0.25) is 0 Å². The summed E-state index contributed by atoms with van der Waals surface area (Å²) in [6.45, 7) is 2.63. The maximum atomic E-state index is 11.5.